The van der Waals surface area contributed by atoms with Crippen LogP contribution in [0, 0.1) is 0 Å². The van der Waals surface area contributed by atoms with Crippen molar-refractivity contribution in [1.82, 2.24) is 9.97 Å². The van der Waals surface area contributed by atoms with E-state index < -0.39 is 5.51 Å². The zero-order valence-corrected chi connectivity index (χ0v) is 8.96. The molecular formula is C7H7ClF3N3S. The van der Waals surface area contributed by atoms with Crippen molar-refractivity contribution in [3.05, 3.63) is 17.4 Å². The van der Waals surface area contributed by atoms with E-state index in [1.165, 1.54) is 12.4 Å². The summed E-state index contributed by atoms with van der Waals surface area (Å²) in [7, 11) is 0. The van der Waals surface area contributed by atoms with Crippen LogP contribution < -0.4 is 5.32 Å². The number of hydrogen-bond acceptors (Lipinski definition) is 4. The Morgan fingerprint density at radius 1 is 1.33 bits per heavy atom. The second-order valence-electron chi connectivity index (χ2n) is 2.45. The van der Waals surface area contributed by atoms with Crippen molar-refractivity contribution in [2.45, 2.75) is 5.51 Å². The molecule has 8 heteroatoms. The Balaban J connectivity index is 2.23. The molecule has 1 rings (SSSR count). The molecule has 0 atom stereocenters. The van der Waals surface area contributed by atoms with Gasteiger partial charge in [0.15, 0.2) is 0 Å². The third kappa shape index (κ3) is 5.68. The van der Waals surface area contributed by atoms with Crippen LogP contribution in [0.5, 0.6) is 0 Å². The molecule has 0 radical (unpaired) electrons. The summed E-state index contributed by atoms with van der Waals surface area (Å²) in [6.45, 7) is 0.145. The lowest BCUT2D eigenvalue weighted by molar-refractivity contribution is -0.0327. The summed E-state index contributed by atoms with van der Waals surface area (Å²) >= 11 is 5.44. The molecule has 15 heavy (non-hydrogen) atoms. The molecule has 0 amide bonds. The van der Waals surface area contributed by atoms with Crippen LogP contribution >= 0.6 is 23.4 Å². The molecule has 0 unspecified atom stereocenters. The van der Waals surface area contributed by atoms with Crippen molar-refractivity contribution in [1.29, 1.82) is 0 Å². The average molecular weight is 258 g/mol. The molecule has 1 aromatic heterocycles. The summed E-state index contributed by atoms with van der Waals surface area (Å²) in [5, 5.41) is 3.02. The van der Waals surface area contributed by atoms with Crippen molar-refractivity contribution in [3.63, 3.8) is 0 Å². The van der Waals surface area contributed by atoms with Crippen LogP contribution in [-0.2, 0) is 0 Å². The first-order valence-corrected chi connectivity index (χ1v) is 5.26. The van der Waals surface area contributed by atoms with Gasteiger partial charge in [0.05, 0.1) is 17.4 Å². The van der Waals surface area contributed by atoms with Gasteiger partial charge in [-0.2, -0.15) is 13.2 Å². The van der Waals surface area contributed by atoms with E-state index in [9.17, 15) is 13.2 Å². The Morgan fingerprint density at radius 3 is 2.47 bits per heavy atom. The highest BCUT2D eigenvalue weighted by molar-refractivity contribution is 8.00. The van der Waals surface area contributed by atoms with Crippen molar-refractivity contribution in [2.24, 2.45) is 0 Å². The lowest BCUT2D eigenvalue weighted by Gasteiger charge is -2.06. The number of hydrogen-bond donors (Lipinski definition) is 1. The summed E-state index contributed by atoms with van der Waals surface area (Å²) in [6.07, 6.45) is 2.74. The van der Waals surface area contributed by atoms with Gasteiger partial charge in [0.25, 0.3) is 0 Å². The standard InChI is InChI=1S/C7H7ClF3N3S/c8-5-3-13-6(14-4-5)12-1-2-15-7(9,10)11/h3-4H,1-2H2,(H,12,13,14). The maximum atomic E-state index is 11.7. The lowest BCUT2D eigenvalue weighted by Crippen LogP contribution is -2.11. The van der Waals surface area contributed by atoms with Crippen LogP contribution in [0.4, 0.5) is 19.1 Å². The van der Waals surface area contributed by atoms with Gasteiger partial charge in [-0.15, -0.1) is 0 Å². The van der Waals surface area contributed by atoms with E-state index >= 15 is 0 Å². The molecule has 0 fully saturated rings. The topological polar surface area (TPSA) is 37.8 Å². The maximum absolute atomic E-state index is 11.7. The minimum Gasteiger partial charge on any atom is -0.353 e. The SMILES string of the molecule is FC(F)(F)SCCNc1ncc(Cl)cn1. The molecule has 1 N–H and O–H groups in total. The number of alkyl halides is 3. The zero-order chi connectivity index (χ0) is 11.3. The number of rotatable bonds is 4. The fraction of sp³-hybridized carbons (Fsp3) is 0.429. The number of anilines is 1. The van der Waals surface area contributed by atoms with E-state index in [1.54, 1.807) is 0 Å². The van der Waals surface area contributed by atoms with Crippen molar-refractivity contribution in [2.75, 3.05) is 17.6 Å². The highest BCUT2D eigenvalue weighted by Gasteiger charge is 2.27. The number of aromatic nitrogens is 2. The first kappa shape index (κ1) is 12.4. The molecular weight excluding hydrogens is 251 g/mol. The Morgan fingerprint density at radius 2 is 1.93 bits per heavy atom. The molecule has 0 spiro atoms. The van der Waals surface area contributed by atoms with Gasteiger partial charge < -0.3 is 5.32 Å². The third-order valence-corrected chi connectivity index (χ3v) is 2.20. The maximum Gasteiger partial charge on any atom is 0.441 e. The summed E-state index contributed by atoms with van der Waals surface area (Å²) in [4.78, 5) is 7.54. The monoisotopic (exact) mass is 257 g/mol. The molecule has 3 nitrogen and oxygen atoms in total. The van der Waals surface area contributed by atoms with E-state index in [2.05, 4.69) is 15.3 Å². The van der Waals surface area contributed by atoms with Crippen LogP contribution in [0.3, 0.4) is 0 Å². The second-order valence-corrected chi connectivity index (χ2v) is 4.04. The Labute approximate surface area is 93.4 Å². The minimum atomic E-state index is -4.19. The van der Waals surface area contributed by atoms with Crippen LogP contribution in [0.2, 0.25) is 5.02 Å². The van der Waals surface area contributed by atoms with Crippen LogP contribution in [0.25, 0.3) is 0 Å². The van der Waals surface area contributed by atoms with Gasteiger partial charge in [-0.1, -0.05) is 11.6 Å². The lowest BCUT2D eigenvalue weighted by atomic mass is 10.6. The zero-order valence-electron chi connectivity index (χ0n) is 7.38. The Kier molecular flexibility index (Phi) is 4.46. The van der Waals surface area contributed by atoms with Gasteiger partial charge in [0.2, 0.25) is 5.95 Å². The van der Waals surface area contributed by atoms with Crippen molar-refractivity contribution < 1.29 is 13.2 Å². The first-order chi connectivity index (χ1) is 6.97. The van der Waals surface area contributed by atoms with E-state index in [1.807, 2.05) is 0 Å². The van der Waals surface area contributed by atoms with Crippen LogP contribution in [-0.4, -0.2) is 27.8 Å². The smallest absolute Gasteiger partial charge is 0.353 e. The normalized spacial score (nSPS) is 11.5. The molecule has 0 aromatic carbocycles. The summed E-state index contributed by atoms with van der Waals surface area (Å²) in [6, 6.07) is 0. The fourth-order valence-electron chi connectivity index (χ4n) is 0.733. The highest BCUT2D eigenvalue weighted by Crippen LogP contribution is 2.29. The molecule has 1 aromatic rings. The highest BCUT2D eigenvalue weighted by atomic mass is 35.5. The van der Waals surface area contributed by atoms with Crippen molar-refractivity contribution in [3.8, 4) is 0 Å². The minimum absolute atomic E-state index is 0.0878. The Bertz CT molecular complexity index is 303. The van der Waals surface area contributed by atoms with Gasteiger partial charge in [-0.05, 0) is 11.8 Å². The summed E-state index contributed by atoms with van der Waals surface area (Å²) in [5.74, 6) is 0.178. The molecule has 0 saturated carbocycles. The van der Waals surface area contributed by atoms with Crippen LogP contribution in [0.1, 0.15) is 0 Å². The molecule has 1 heterocycles. The number of halogens is 4. The van der Waals surface area contributed by atoms with Crippen molar-refractivity contribution >= 4 is 29.3 Å². The predicted octanol–water partition coefficient (Wildman–Crippen LogP) is 2.79. The second kappa shape index (κ2) is 5.41. The molecule has 0 aliphatic heterocycles. The van der Waals surface area contributed by atoms with Crippen LogP contribution in [0.15, 0.2) is 12.4 Å². The van der Waals surface area contributed by atoms with E-state index in [0.29, 0.717) is 5.02 Å². The van der Waals surface area contributed by atoms with Gasteiger partial charge >= 0.3 is 5.51 Å². The number of thioether (sulfide) groups is 1. The summed E-state index contributed by atoms with van der Waals surface area (Å²) < 4.78 is 35.2. The van der Waals surface area contributed by atoms with Gasteiger partial charge in [0, 0.05) is 12.3 Å². The number of nitrogens with zero attached hydrogens (tertiary/aromatic N) is 2. The number of nitrogens with one attached hydrogen (secondary N) is 1. The largest absolute Gasteiger partial charge is 0.441 e. The quantitative estimate of drug-likeness (QED) is 0.842. The first-order valence-electron chi connectivity index (χ1n) is 3.89. The van der Waals surface area contributed by atoms with E-state index in [-0.39, 0.29) is 30.0 Å². The third-order valence-electron chi connectivity index (χ3n) is 1.27. The van der Waals surface area contributed by atoms with E-state index in [4.69, 9.17) is 11.6 Å². The average Bonchev–Trinajstić information content (AvgIpc) is 2.14. The fourth-order valence-corrected chi connectivity index (χ4v) is 1.27. The predicted molar refractivity (Wildman–Crippen MR) is 54.0 cm³/mol. The Hall–Kier alpha value is -0.690. The van der Waals surface area contributed by atoms with Gasteiger partial charge in [-0.25, -0.2) is 9.97 Å². The molecule has 0 saturated heterocycles. The summed E-state index contributed by atoms with van der Waals surface area (Å²) in [5.41, 5.74) is -4.19. The molecule has 84 valence electrons. The van der Waals surface area contributed by atoms with Gasteiger partial charge in [-0.3, -0.25) is 0 Å². The molecule has 0 bridgehead atoms. The van der Waals surface area contributed by atoms with Gasteiger partial charge in [0.1, 0.15) is 0 Å². The molecule has 0 aliphatic rings. The van der Waals surface area contributed by atoms with E-state index in [0.717, 1.165) is 0 Å². The molecule has 0 aliphatic carbocycles.